The summed E-state index contributed by atoms with van der Waals surface area (Å²) in [6.07, 6.45) is 1.01. The van der Waals surface area contributed by atoms with Crippen LogP contribution in [-0.4, -0.2) is 35.7 Å². The number of carbonyl (C=O) groups is 1. The van der Waals surface area contributed by atoms with Crippen LogP contribution in [0.2, 0.25) is 0 Å². The molecular formula is C16H25ClN2OS. The van der Waals surface area contributed by atoms with Crippen LogP contribution in [0.15, 0.2) is 29.2 Å². The van der Waals surface area contributed by atoms with Gasteiger partial charge in [-0.05, 0) is 44.4 Å². The highest BCUT2D eigenvalue weighted by molar-refractivity contribution is 8.00. The van der Waals surface area contributed by atoms with E-state index in [1.807, 2.05) is 11.8 Å². The van der Waals surface area contributed by atoms with E-state index in [9.17, 15) is 4.79 Å². The molecule has 1 aromatic carbocycles. The van der Waals surface area contributed by atoms with Crippen molar-refractivity contribution in [3.8, 4) is 0 Å². The van der Waals surface area contributed by atoms with Crippen molar-refractivity contribution in [1.29, 1.82) is 0 Å². The molecule has 3 nitrogen and oxygen atoms in total. The lowest BCUT2D eigenvalue weighted by molar-refractivity contribution is -0.129. The van der Waals surface area contributed by atoms with Crippen LogP contribution in [0.4, 0.5) is 0 Å². The van der Waals surface area contributed by atoms with Gasteiger partial charge in [0.05, 0.1) is 5.25 Å². The molecule has 2 rings (SSSR count). The number of amides is 1. The number of benzene rings is 1. The molecule has 2 N–H and O–H groups in total. The molecule has 1 heterocycles. The highest BCUT2D eigenvalue weighted by Crippen LogP contribution is 2.31. The normalized spacial score (nSPS) is 22.8. The van der Waals surface area contributed by atoms with Gasteiger partial charge < -0.3 is 10.6 Å². The minimum atomic E-state index is -0.0437. The molecule has 118 valence electrons. The van der Waals surface area contributed by atoms with E-state index in [4.69, 9.17) is 5.73 Å². The Morgan fingerprint density at radius 1 is 1.43 bits per heavy atom. The molecule has 21 heavy (non-hydrogen) atoms. The van der Waals surface area contributed by atoms with Crippen molar-refractivity contribution < 1.29 is 4.79 Å². The van der Waals surface area contributed by atoms with Gasteiger partial charge in [0.25, 0.3) is 0 Å². The molecule has 2 atom stereocenters. The Labute approximate surface area is 138 Å². The lowest BCUT2D eigenvalue weighted by atomic mass is 9.90. The average molecular weight is 329 g/mol. The van der Waals surface area contributed by atoms with E-state index in [0.29, 0.717) is 6.54 Å². The number of nitrogens with two attached hydrogens (primary N) is 1. The third-order valence-electron chi connectivity index (χ3n) is 4.04. The van der Waals surface area contributed by atoms with Gasteiger partial charge in [-0.1, -0.05) is 24.6 Å². The van der Waals surface area contributed by atoms with E-state index in [-0.39, 0.29) is 29.0 Å². The third-order valence-corrected chi connectivity index (χ3v) is 5.14. The first-order valence-corrected chi connectivity index (χ1v) is 8.04. The van der Waals surface area contributed by atoms with Crippen molar-refractivity contribution in [1.82, 2.24) is 4.90 Å². The lowest BCUT2D eigenvalue weighted by Crippen LogP contribution is -2.38. The second kappa shape index (κ2) is 7.52. The van der Waals surface area contributed by atoms with Gasteiger partial charge in [0, 0.05) is 18.0 Å². The molecule has 2 unspecified atom stereocenters. The minimum absolute atomic E-state index is 0. The van der Waals surface area contributed by atoms with E-state index < -0.39 is 0 Å². The molecule has 0 saturated carbocycles. The Hall–Kier alpha value is -0.710. The molecule has 0 radical (unpaired) electrons. The standard InChI is InChI=1S/C16H24N2OS.ClH/c1-12-4-6-14(7-5-12)20-13(2)15(19)18-9-8-16(3,10-17)11-18;/h4-7,13H,8-11,17H2,1-3H3;1H. The van der Waals surface area contributed by atoms with Gasteiger partial charge in [-0.15, -0.1) is 24.2 Å². The number of nitrogens with zero attached hydrogens (tertiary/aromatic N) is 1. The summed E-state index contributed by atoms with van der Waals surface area (Å²) in [7, 11) is 0. The number of rotatable bonds is 4. The molecule has 1 aromatic rings. The van der Waals surface area contributed by atoms with E-state index >= 15 is 0 Å². The Kier molecular flexibility index (Phi) is 6.57. The molecule has 1 amide bonds. The second-order valence-corrected chi connectivity index (χ2v) is 7.51. The first-order valence-electron chi connectivity index (χ1n) is 7.16. The van der Waals surface area contributed by atoms with E-state index in [1.54, 1.807) is 11.8 Å². The highest BCUT2D eigenvalue weighted by Gasteiger charge is 2.36. The molecule has 0 aromatic heterocycles. The summed E-state index contributed by atoms with van der Waals surface area (Å²) in [5.41, 5.74) is 7.14. The first-order chi connectivity index (χ1) is 9.43. The summed E-state index contributed by atoms with van der Waals surface area (Å²) in [5, 5.41) is -0.0437. The van der Waals surface area contributed by atoms with Crippen molar-refractivity contribution in [2.24, 2.45) is 11.1 Å². The predicted octanol–water partition coefficient (Wildman–Crippen LogP) is 3.09. The van der Waals surface area contributed by atoms with E-state index in [1.165, 1.54) is 5.56 Å². The Balaban J connectivity index is 0.00000220. The largest absolute Gasteiger partial charge is 0.341 e. The zero-order chi connectivity index (χ0) is 14.8. The fourth-order valence-electron chi connectivity index (χ4n) is 2.51. The maximum Gasteiger partial charge on any atom is 0.235 e. The van der Waals surface area contributed by atoms with E-state index in [0.717, 1.165) is 24.4 Å². The lowest BCUT2D eigenvalue weighted by Gasteiger charge is -2.24. The maximum atomic E-state index is 12.5. The van der Waals surface area contributed by atoms with Crippen molar-refractivity contribution in [3.05, 3.63) is 29.8 Å². The molecule has 0 spiro atoms. The predicted molar refractivity (Wildman–Crippen MR) is 92.1 cm³/mol. The van der Waals surface area contributed by atoms with Crippen molar-refractivity contribution in [2.75, 3.05) is 19.6 Å². The van der Waals surface area contributed by atoms with Crippen molar-refractivity contribution in [3.63, 3.8) is 0 Å². The number of hydrogen-bond acceptors (Lipinski definition) is 3. The molecule has 1 aliphatic heterocycles. The number of halogens is 1. The fourth-order valence-corrected chi connectivity index (χ4v) is 3.46. The monoisotopic (exact) mass is 328 g/mol. The van der Waals surface area contributed by atoms with Crippen LogP contribution in [0.5, 0.6) is 0 Å². The van der Waals surface area contributed by atoms with Crippen LogP contribution in [-0.2, 0) is 4.79 Å². The second-order valence-electron chi connectivity index (χ2n) is 6.10. The number of likely N-dealkylation sites (tertiary alicyclic amines) is 1. The molecule has 1 saturated heterocycles. The summed E-state index contributed by atoms with van der Waals surface area (Å²) in [5.74, 6) is 0.229. The number of aryl methyl sites for hydroxylation is 1. The summed E-state index contributed by atoms with van der Waals surface area (Å²) in [4.78, 5) is 15.6. The summed E-state index contributed by atoms with van der Waals surface area (Å²) in [6, 6.07) is 8.33. The summed E-state index contributed by atoms with van der Waals surface area (Å²) < 4.78 is 0. The Bertz CT molecular complexity index is 480. The molecule has 1 aliphatic rings. The van der Waals surface area contributed by atoms with Gasteiger partial charge in [-0.25, -0.2) is 0 Å². The number of carbonyl (C=O) groups excluding carboxylic acids is 1. The van der Waals surface area contributed by atoms with Gasteiger partial charge in [0.1, 0.15) is 0 Å². The van der Waals surface area contributed by atoms with Gasteiger partial charge in [-0.3, -0.25) is 4.79 Å². The molecule has 0 bridgehead atoms. The van der Waals surface area contributed by atoms with Gasteiger partial charge in [-0.2, -0.15) is 0 Å². The summed E-state index contributed by atoms with van der Waals surface area (Å²) in [6.45, 7) is 8.51. The van der Waals surface area contributed by atoms with Gasteiger partial charge >= 0.3 is 0 Å². The van der Waals surface area contributed by atoms with Gasteiger partial charge in [0.15, 0.2) is 0 Å². The average Bonchev–Trinajstić information content (AvgIpc) is 2.84. The van der Waals surface area contributed by atoms with Crippen LogP contribution in [0.25, 0.3) is 0 Å². The third kappa shape index (κ3) is 4.63. The van der Waals surface area contributed by atoms with Crippen LogP contribution >= 0.6 is 24.2 Å². The van der Waals surface area contributed by atoms with Crippen molar-refractivity contribution in [2.45, 2.75) is 37.3 Å². The maximum absolute atomic E-state index is 12.5. The van der Waals surface area contributed by atoms with Crippen LogP contribution in [0.1, 0.15) is 25.8 Å². The fraction of sp³-hybridized carbons (Fsp3) is 0.562. The Morgan fingerprint density at radius 3 is 2.57 bits per heavy atom. The van der Waals surface area contributed by atoms with Crippen molar-refractivity contribution >= 4 is 30.1 Å². The zero-order valence-corrected chi connectivity index (χ0v) is 14.6. The van der Waals surface area contributed by atoms with Crippen LogP contribution < -0.4 is 5.73 Å². The van der Waals surface area contributed by atoms with Gasteiger partial charge in [0.2, 0.25) is 5.91 Å². The van der Waals surface area contributed by atoms with E-state index in [2.05, 4.69) is 38.1 Å². The minimum Gasteiger partial charge on any atom is -0.341 e. The molecule has 1 fully saturated rings. The molecule has 5 heteroatoms. The number of thioether (sulfide) groups is 1. The quantitative estimate of drug-likeness (QED) is 0.864. The molecular weight excluding hydrogens is 304 g/mol. The first kappa shape index (κ1) is 18.3. The topological polar surface area (TPSA) is 46.3 Å². The zero-order valence-electron chi connectivity index (χ0n) is 13.0. The summed E-state index contributed by atoms with van der Waals surface area (Å²) >= 11 is 1.63. The SMILES string of the molecule is Cc1ccc(SC(C)C(=O)N2CCC(C)(CN)C2)cc1.Cl. The number of hydrogen-bond donors (Lipinski definition) is 1. The molecule has 0 aliphatic carbocycles. The smallest absolute Gasteiger partial charge is 0.235 e. The van der Waals surface area contributed by atoms with Crippen LogP contribution in [0.3, 0.4) is 0 Å². The Morgan fingerprint density at radius 2 is 2.05 bits per heavy atom. The van der Waals surface area contributed by atoms with Crippen LogP contribution in [0, 0.1) is 12.3 Å². The highest BCUT2D eigenvalue weighted by atomic mass is 35.5.